The highest BCUT2D eigenvalue weighted by atomic mass is 79.9. The standard InChI is InChI=1S/C19H16BrN3O2.C18H16BrN3O/c1-11(24)23-16-5-3-2-4-14(16)22-15-10-21-19(25)17(15)18(23)12-6-8-13(20)9-7-12;1-22-14-5-3-2-4-13(14)21-17(11-6-8-12(19)9-7-11)16-15(22)10-20-18(16)23/h2-9,18,22H,10H2,1H3,(H,21,25);2-9,17,21H,10H2,1H3,(H,20,23). The lowest BCUT2D eigenvalue weighted by Crippen LogP contribution is -2.36. The van der Waals surface area contributed by atoms with Crippen molar-refractivity contribution in [3.05, 3.63) is 140 Å². The molecule has 0 saturated carbocycles. The van der Waals surface area contributed by atoms with E-state index in [1.54, 1.807) is 4.90 Å². The van der Waals surface area contributed by atoms with Crippen molar-refractivity contribution in [2.75, 3.05) is 40.6 Å². The van der Waals surface area contributed by atoms with Gasteiger partial charge in [0.1, 0.15) is 0 Å². The van der Waals surface area contributed by atoms with Crippen molar-refractivity contribution in [3.63, 3.8) is 0 Å². The second kappa shape index (κ2) is 13.0. The average molecular weight is 769 g/mol. The van der Waals surface area contributed by atoms with Crippen LogP contribution in [0.5, 0.6) is 0 Å². The van der Waals surface area contributed by atoms with E-state index in [2.05, 4.69) is 70.2 Å². The van der Waals surface area contributed by atoms with Crippen LogP contribution in [-0.4, -0.2) is 37.9 Å². The summed E-state index contributed by atoms with van der Waals surface area (Å²) in [5.74, 6) is -0.259. The minimum atomic E-state index is -0.473. The Morgan fingerprint density at radius 3 is 1.94 bits per heavy atom. The van der Waals surface area contributed by atoms with Crippen LogP contribution in [0.4, 0.5) is 22.7 Å². The van der Waals surface area contributed by atoms with E-state index >= 15 is 0 Å². The van der Waals surface area contributed by atoms with Crippen LogP contribution in [0.3, 0.4) is 0 Å². The number of hydrogen-bond acceptors (Lipinski definition) is 6. The molecule has 242 valence electrons. The molecule has 3 amide bonds. The Morgan fingerprint density at radius 1 is 0.708 bits per heavy atom. The number of amides is 3. The van der Waals surface area contributed by atoms with E-state index in [9.17, 15) is 14.4 Å². The maximum absolute atomic E-state index is 12.6. The Balaban J connectivity index is 0.000000152. The topological polar surface area (TPSA) is 106 Å². The molecule has 4 heterocycles. The molecule has 4 N–H and O–H groups in total. The third kappa shape index (κ3) is 5.77. The zero-order valence-electron chi connectivity index (χ0n) is 26.2. The molecule has 0 spiro atoms. The molecule has 0 bridgehead atoms. The number of nitrogens with zero attached hydrogens (tertiary/aromatic N) is 2. The average Bonchev–Trinajstić information content (AvgIpc) is 3.56. The van der Waals surface area contributed by atoms with Crippen LogP contribution < -0.4 is 31.1 Å². The molecule has 11 heteroatoms. The first-order chi connectivity index (χ1) is 23.2. The molecule has 0 fully saturated rings. The van der Waals surface area contributed by atoms with Crippen molar-refractivity contribution in [1.29, 1.82) is 0 Å². The van der Waals surface area contributed by atoms with Crippen LogP contribution in [0.2, 0.25) is 0 Å². The van der Waals surface area contributed by atoms with Crippen molar-refractivity contribution >= 4 is 72.3 Å². The molecule has 2 atom stereocenters. The van der Waals surface area contributed by atoms with Crippen LogP contribution >= 0.6 is 31.9 Å². The van der Waals surface area contributed by atoms with E-state index in [4.69, 9.17) is 0 Å². The van der Waals surface area contributed by atoms with Gasteiger partial charge in [-0.05, 0) is 59.7 Å². The van der Waals surface area contributed by atoms with Crippen molar-refractivity contribution in [1.82, 2.24) is 10.6 Å². The van der Waals surface area contributed by atoms with Gasteiger partial charge in [-0.3, -0.25) is 19.3 Å². The van der Waals surface area contributed by atoms with Crippen LogP contribution in [0.1, 0.15) is 30.1 Å². The maximum Gasteiger partial charge on any atom is 0.251 e. The highest BCUT2D eigenvalue weighted by Crippen LogP contribution is 2.43. The maximum atomic E-state index is 12.6. The number of hydrogen-bond donors (Lipinski definition) is 4. The third-order valence-electron chi connectivity index (χ3n) is 8.94. The summed E-state index contributed by atoms with van der Waals surface area (Å²) in [6, 6.07) is 31.0. The second-order valence-electron chi connectivity index (χ2n) is 11.8. The second-order valence-corrected chi connectivity index (χ2v) is 13.6. The fraction of sp³-hybridized carbons (Fsp3) is 0.162. The summed E-state index contributed by atoms with van der Waals surface area (Å²) < 4.78 is 1.97. The molecule has 0 aromatic heterocycles. The summed E-state index contributed by atoms with van der Waals surface area (Å²) >= 11 is 6.91. The van der Waals surface area contributed by atoms with Gasteiger partial charge in [0.25, 0.3) is 11.8 Å². The number of carbonyl (C=O) groups excluding carboxylic acids is 3. The first-order valence-electron chi connectivity index (χ1n) is 15.5. The number of fused-ring (bicyclic) bond motifs is 2. The number of likely N-dealkylation sites (N-methyl/N-ethyl adjacent to an activating group) is 1. The summed E-state index contributed by atoms with van der Waals surface area (Å²) in [6.45, 7) is 2.52. The van der Waals surface area contributed by atoms with E-state index < -0.39 is 6.04 Å². The van der Waals surface area contributed by atoms with E-state index in [1.807, 2.05) is 92.0 Å². The van der Waals surface area contributed by atoms with Gasteiger partial charge < -0.3 is 26.2 Å². The molecule has 48 heavy (non-hydrogen) atoms. The van der Waals surface area contributed by atoms with E-state index in [-0.39, 0.29) is 23.8 Å². The zero-order chi connectivity index (χ0) is 33.5. The van der Waals surface area contributed by atoms with Crippen LogP contribution in [0.15, 0.2) is 129 Å². The fourth-order valence-electron chi connectivity index (χ4n) is 6.68. The van der Waals surface area contributed by atoms with Gasteiger partial charge in [0, 0.05) is 34.3 Å². The Hall–Kier alpha value is -4.87. The molecule has 0 saturated heterocycles. The molecule has 0 aliphatic carbocycles. The third-order valence-corrected chi connectivity index (χ3v) is 9.99. The molecule has 9 nitrogen and oxygen atoms in total. The van der Waals surface area contributed by atoms with Crippen molar-refractivity contribution in [2.24, 2.45) is 0 Å². The van der Waals surface area contributed by atoms with Crippen LogP contribution in [-0.2, 0) is 14.4 Å². The number of benzene rings is 4. The highest BCUT2D eigenvalue weighted by molar-refractivity contribution is 9.10. The van der Waals surface area contributed by atoms with Gasteiger partial charge in [-0.1, -0.05) is 80.4 Å². The monoisotopic (exact) mass is 766 g/mol. The van der Waals surface area contributed by atoms with E-state index in [1.165, 1.54) is 6.92 Å². The Bertz CT molecular complexity index is 2010. The summed E-state index contributed by atoms with van der Waals surface area (Å²) in [4.78, 5) is 41.4. The molecule has 4 aromatic rings. The largest absolute Gasteiger partial charge is 0.372 e. The van der Waals surface area contributed by atoms with Gasteiger partial charge in [0.05, 0.1) is 59.1 Å². The number of carbonyl (C=O) groups is 3. The summed E-state index contributed by atoms with van der Waals surface area (Å²) in [5, 5.41) is 12.7. The van der Waals surface area contributed by atoms with Gasteiger partial charge in [-0.15, -0.1) is 0 Å². The lowest BCUT2D eigenvalue weighted by Gasteiger charge is -2.31. The molecule has 4 aliphatic rings. The molecule has 0 radical (unpaired) electrons. The Kier molecular flexibility index (Phi) is 8.57. The molecular formula is C37H32Br2N6O3. The van der Waals surface area contributed by atoms with Gasteiger partial charge in [-0.25, -0.2) is 0 Å². The number of halogens is 2. The lowest BCUT2D eigenvalue weighted by atomic mass is 9.95. The van der Waals surface area contributed by atoms with Gasteiger partial charge in [-0.2, -0.15) is 0 Å². The summed E-state index contributed by atoms with van der Waals surface area (Å²) in [7, 11) is 2.01. The zero-order valence-corrected chi connectivity index (χ0v) is 29.4. The Morgan fingerprint density at radius 2 is 1.27 bits per heavy atom. The first kappa shape index (κ1) is 31.7. The van der Waals surface area contributed by atoms with E-state index in [0.29, 0.717) is 18.7 Å². The number of anilines is 4. The first-order valence-corrected chi connectivity index (χ1v) is 17.1. The Labute approximate surface area is 295 Å². The number of rotatable bonds is 2. The lowest BCUT2D eigenvalue weighted by molar-refractivity contribution is -0.118. The van der Waals surface area contributed by atoms with Gasteiger partial charge in [0.2, 0.25) is 5.91 Å². The molecular weight excluding hydrogens is 736 g/mol. The summed E-state index contributed by atoms with van der Waals surface area (Å²) in [6.07, 6.45) is 0. The fourth-order valence-corrected chi connectivity index (χ4v) is 7.21. The van der Waals surface area contributed by atoms with Crippen molar-refractivity contribution < 1.29 is 14.4 Å². The van der Waals surface area contributed by atoms with Crippen LogP contribution in [0, 0.1) is 0 Å². The van der Waals surface area contributed by atoms with Crippen LogP contribution in [0.25, 0.3) is 0 Å². The number of nitrogens with one attached hydrogen (secondary N) is 4. The SMILES string of the molecule is CC(=O)N1c2ccccc2NC2=C(C(=O)NC2)C1c1ccc(Br)cc1.CN1C2=C(C(=O)NC2)C(c2ccc(Br)cc2)Nc2ccccc21. The minimum Gasteiger partial charge on any atom is -0.372 e. The minimum absolute atomic E-state index is 0.0000693. The normalized spacial score (nSPS) is 19.2. The predicted molar refractivity (Wildman–Crippen MR) is 196 cm³/mol. The van der Waals surface area contributed by atoms with Gasteiger partial charge in [0.15, 0.2) is 0 Å². The highest BCUT2D eigenvalue weighted by Gasteiger charge is 2.40. The van der Waals surface area contributed by atoms with E-state index in [0.717, 1.165) is 59.8 Å². The predicted octanol–water partition coefficient (Wildman–Crippen LogP) is 6.79. The molecule has 4 aliphatic heterocycles. The summed E-state index contributed by atoms with van der Waals surface area (Å²) in [5.41, 5.74) is 8.89. The van der Waals surface area contributed by atoms with Crippen molar-refractivity contribution in [2.45, 2.75) is 19.0 Å². The van der Waals surface area contributed by atoms with Gasteiger partial charge >= 0.3 is 0 Å². The molecule has 4 aromatic carbocycles. The smallest absolute Gasteiger partial charge is 0.251 e. The quantitative estimate of drug-likeness (QED) is 0.179. The number of para-hydroxylation sites is 4. The molecule has 2 unspecified atom stereocenters. The molecule has 8 rings (SSSR count). The van der Waals surface area contributed by atoms with Crippen molar-refractivity contribution in [3.8, 4) is 0 Å².